The molecule has 0 spiro atoms. The van der Waals surface area contributed by atoms with E-state index in [1.807, 2.05) is 0 Å². The number of benzene rings is 2. The van der Waals surface area contributed by atoms with Crippen LogP contribution in [-0.4, -0.2) is 34.8 Å². The van der Waals surface area contributed by atoms with Crippen molar-refractivity contribution in [1.29, 1.82) is 0 Å². The van der Waals surface area contributed by atoms with Crippen molar-refractivity contribution in [3.63, 3.8) is 0 Å². The summed E-state index contributed by atoms with van der Waals surface area (Å²) < 4.78 is 28.7. The van der Waals surface area contributed by atoms with Crippen LogP contribution in [0.25, 0.3) is 11.3 Å². The van der Waals surface area contributed by atoms with E-state index in [-0.39, 0.29) is 30.3 Å². The van der Waals surface area contributed by atoms with Crippen molar-refractivity contribution in [3.05, 3.63) is 75.4 Å². The van der Waals surface area contributed by atoms with E-state index in [1.54, 1.807) is 36.0 Å². The van der Waals surface area contributed by atoms with Crippen LogP contribution in [0.2, 0.25) is 10.0 Å². The Bertz CT molecular complexity index is 1120. The summed E-state index contributed by atoms with van der Waals surface area (Å²) >= 11 is 12.6. The highest BCUT2D eigenvalue weighted by Crippen LogP contribution is 2.33. The zero-order valence-electron chi connectivity index (χ0n) is 17.0. The molecule has 1 aliphatic heterocycles. The Labute approximate surface area is 200 Å². The summed E-state index contributed by atoms with van der Waals surface area (Å²) in [5.41, 5.74) is 2.38. The van der Waals surface area contributed by atoms with Crippen molar-refractivity contribution < 1.29 is 13.6 Å². The van der Waals surface area contributed by atoms with Gasteiger partial charge in [-0.1, -0.05) is 35.3 Å². The summed E-state index contributed by atoms with van der Waals surface area (Å²) in [5.74, 6) is -2.21. The first-order valence-electron chi connectivity index (χ1n) is 9.79. The fourth-order valence-electron chi connectivity index (χ4n) is 3.97. The first-order valence-corrected chi connectivity index (χ1v) is 10.5. The molecule has 2 heterocycles. The van der Waals surface area contributed by atoms with Crippen LogP contribution in [0.4, 0.5) is 8.78 Å². The lowest BCUT2D eigenvalue weighted by molar-refractivity contribution is 0.0924. The van der Waals surface area contributed by atoms with Crippen LogP contribution < -0.4 is 10.6 Å². The molecule has 2 aromatic carbocycles. The SMILES string of the molecule is Cl.Cn1ncc(Cl)c1-c1ccc(C(=O)N[C@@H]2CNCC[C@H]2c2ccc(F)c(F)c2)cc1Cl. The topological polar surface area (TPSA) is 59.0 Å². The summed E-state index contributed by atoms with van der Waals surface area (Å²) in [5, 5.41) is 11.2. The van der Waals surface area contributed by atoms with Gasteiger partial charge in [0.15, 0.2) is 11.6 Å². The van der Waals surface area contributed by atoms with Gasteiger partial charge in [-0.3, -0.25) is 9.48 Å². The third kappa shape index (κ3) is 4.91. The number of hydrogen-bond donors (Lipinski definition) is 2. The van der Waals surface area contributed by atoms with E-state index in [2.05, 4.69) is 15.7 Å². The van der Waals surface area contributed by atoms with Gasteiger partial charge in [-0.15, -0.1) is 12.4 Å². The lowest BCUT2D eigenvalue weighted by Gasteiger charge is -2.33. The Morgan fingerprint density at radius 1 is 1.16 bits per heavy atom. The van der Waals surface area contributed by atoms with Gasteiger partial charge >= 0.3 is 0 Å². The van der Waals surface area contributed by atoms with Gasteiger partial charge in [-0.05, 0) is 42.8 Å². The lowest BCUT2D eigenvalue weighted by Crippen LogP contribution is -2.50. The van der Waals surface area contributed by atoms with Crippen molar-refractivity contribution in [3.8, 4) is 11.3 Å². The van der Waals surface area contributed by atoms with Crippen molar-refractivity contribution in [2.45, 2.75) is 18.4 Å². The summed E-state index contributed by atoms with van der Waals surface area (Å²) in [6.45, 7) is 1.24. The van der Waals surface area contributed by atoms with E-state index in [9.17, 15) is 13.6 Å². The number of aromatic nitrogens is 2. The van der Waals surface area contributed by atoms with Gasteiger partial charge in [-0.25, -0.2) is 8.78 Å². The Morgan fingerprint density at radius 3 is 2.59 bits per heavy atom. The van der Waals surface area contributed by atoms with Crippen molar-refractivity contribution >= 4 is 41.5 Å². The van der Waals surface area contributed by atoms with Crippen LogP contribution >= 0.6 is 35.6 Å². The van der Waals surface area contributed by atoms with Gasteiger partial charge in [0, 0.05) is 36.7 Å². The first kappa shape index (κ1) is 24.5. The fraction of sp³-hybridized carbons (Fsp3) is 0.273. The van der Waals surface area contributed by atoms with Crippen LogP contribution in [0.1, 0.15) is 28.3 Å². The average Bonchev–Trinajstić information content (AvgIpc) is 3.08. The molecule has 5 nitrogen and oxygen atoms in total. The van der Waals surface area contributed by atoms with Crippen LogP contribution in [-0.2, 0) is 7.05 Å². The molecule has 1 saturated heterocycles. The van der Waals surface area contributed by atoms with Crippen LogP contribution in [0.15, 0.2) is 42.6 Å². The molecule has 1 aromatic heterocycles. The molecule has 0 bridgehead atoms. The number of halogens is 5. The molecule has 1 fully saturated rings. The Hall–Kier alpha value is -2.19. The summed E-state index contributed by atoms with van der Waals surface area (Å²) in [6.07, 6.45) is 2.22. The van der Waals surface area contributed by atoms with Gasteiger partial charge in [0.1, 0.15) is 0 Å². The zero-order valence-corrected chi connectivity index (χ0v) is 19.4. The fourth-order valence-corrected chi connectivity index (χ4v) is 4.50. The molecule has 0 aliphatic carbocycles. The minimum Gasteiger partial charge on any atom is -0.347 e. The van der Waals surface area contributed by atoms with Gasteiger partial charge < -0.3 is 10.6 Å². The van der Waals surface area contributed by atoms with E-state index in [1.165, 1.54) is 12.3 Å². The highest BCUT2D eigenvalue weighted by Gasteiger charge is 2.29. The molecule has 0 radical (unpaired) electrons. The smallest absolute Gasteiger partial charge is 0.251 e. The Morgan fingerprint density at radius 2 is 1.94 bits per heavy atom. The van der Waals surface area contributed by atoms with E-state index in [0.29, 0.717) is 45.4 Å². The molecule has 10 heteroatoms. The van der Waals surface area contributed by atoms with Crippen molar-refractivity contribution in [2.24, 2.45) is 7.05 Å². The molecule has 1 aliphatic rings. The van der Waals surface area contributed by atoms with Gasteiger partial charge in [0.05, 0.1) is 21.9 Å². The molecular weight excluding hydrogens is 481 g/mol. The molecule has 0 unspecified atom stereocenters. The number of aryl methyl sites for hydroxylation is 1. The maximum Gasteiger partial charge on any atom is 0.251 e. The monoisotopic (exact) mass is 500 g/mol. The molecule has 3 aromatic rings. The Kier molecular flexibility index (Phi) is 7.77. The molecule has 1 amide bonds. The number of hydrogen-bond acceptors (Lipinski definition) is 3. The minimum absolute atomic E-state index is 0. The van der Waals surface area contributed by atoms with Crippen LogP contribution in [0.5, 0.6) is 0 Å². The second kappa shape index (κ2) is 10.2. The quantitative estimate of drug-likeness (QED) is 0.531. The van der Waals surface area contributed by atoms with Crippen molar-refractivity contribution in [1.82, 2.24) is 20.4 Å². The first-order chi connectivity index (χ1) is 14.8. The number of nitrogens with zero attached hydrogens (tertiary/aromatic N) is 2. The second-order valence-corrected chi connectivity index (χ2v) is 8.33. The standard InChI is InChI=1S/C22H20Cl2F2N4O.ClH/c1-30-21(17(24)10-28-30)15-4-2-13(8-16(15)23)22(31)29-20-11-27-7-6-14(20)12-3-5-18(25)19(26)9-12;/h2-5,8-10,14,20,27H,6-7,11H2,1H3,(H,29,31);1H/t14-,20+;/m0./s1. The van der Waals surface area contributed by atoms with E-state index >= 15 is 0 Å². The van der Waals surface area contributed by atoms with Crippen LogP contribution in [0, 0.1) is 11.6 Å². The molecule has 32 heavy (non-hydrogen) atoms. The van der Waals surface area contributed by atoms with Gasteiger partial charge in [-0.2, -0.15) is 5.10 Å². The number of nitrogens with one attached hydrogen (secondary N) is 2. The maximum absolute atomic E-state index is 13.7. The second-order valence-electron chi connectivity index (χ2n) is 7.51. The summed E-state index contributed by atoms with van der Waals surface area (Å²) in [4.78, 5) is 12.9. The van der Waals surface area contributed by atoms with E-state index < -0.39 is 11.6 Å². The predicted molar refractivity (Wildman–Crippen MR) is 124 cm³/mol. The number of piperidine rings is 1. The van der Waals surface area contributed by atoms with E-state index in [4.69, 9.17) is 23.2 Å². The highest BCUT2D eigenvalue weighted by molar-refractivity contribution is 6.36. The summed E-state index contributed by atoms with van der Waals surface area (Å²) in [7, 11) is 1.76. The molecule has 2 N–H and O–H groups in total. The molecule has 170 valence electrons. The number of carbonyl (C=O) groups is 1. The van der Waals surface area contributed by atoms with Gasteiger partial charge in [0.25, 0.3) is 5.91 Å². The van der Waals surface area contributed by atoms with Gasteiger partial charge in [0.2, 0.25) is 0 Å². The minimum atomic E-state index is -0.891. The number of rotatable bonds is 4. The highest BCUT2D eigenvalue weighted by atomic mass is 35.5. The summed E-state index contributed by atoms with van der Waals surface area (Å²) in [6, 6.07) is 8.59. The molecular formula is C22H21Cl3F2N4O. The average molecular weight is 502 g/mol. The molecule has 2 atom stereocenters. The normalized spacial score (nSPS) is 18.2. The Balaban J connectivity index is 0.00000289. The molecule has 4 rings (SSSR count). The molecule has 0 saturated carbocycles. The third-order valence-corrected chi connectivity index (χ3v) is 6.14. The zero-order chi connectivity index (χ0) is 22.1. The van der Waals surface area contributed by atoms with Crippen LogP contribution in [0.3, 0.4) is 0 Å². The number of carbonyl (C=O) groups excluding carboxylic acids is 1. The van der Waals surface area contributed by atoms with E-state index in [0.717, 1.165) is 12.6 Å². The number of amides is 1. The van der Waals surface area contributed by atoms with Crippen molar-refractivity contribution in [2.75, 3.05) is 13.1 Å². The lowest BCUT2D eigenvalue weighted by atomic mass is 9.85. The predicted octanol–water partition coefficient (Wildman–Crippen LogP) is 4.97. The third-order valence-electron chi connectivity index (χ3n) is 5.55. The largest absolute Gasteiger partial charge is 0.347 e. The maximum atomic E-state index is 13.7.